The normalized spacial score (nSPS) is 18.7. The highest BCUT2D eigenvalue weighted by Gasteiger charge is 2.30. The van der Waals surface area contributed by atoms with E-state index in [1.807, 2.05) is 0 Å². The first-order valence-electron chi connectivity index (χ1n) is 6.95. The van der Waals surface area contributed by atoms with E-state index in [4.69, 9.17) is 4.42 Å². The number of carbonyl (C=O) groups is 1. The summed E-state index contributed by atoms with van der Waals surface area (Å²) >= 11 is 0. The van der Waals surface area contributed by atoms with Crippen LogP contribution >= 0.6 is 0 Å². The Morgan fingerprint density at radius 2 is 2.35 bits per heavy atom. The quantitative estimate of drug-likeness (QED) is 0.889. The van der Waals surface area contributed by atoms with E-state index in [1.54, 1.807) is 4.90 Å². The number of nitrogens with zero attached hydrogens (tertiary/aromatic N) is 4. The molecule has 0 saturated heterocycles. The van der Waals surface area contributed by atoms with Crippen molar-refractivity contribution in [1.29, 1.82) is 0 Å². The van der Waals surface area contributed by atoms with Crippen LogP contribution in [0.3, 0.4) is 0 Å². The van der Waals surface area contributed by atoms with Gasteiger partial charge in [0.05, 0.1) is 12.7 Å². The van der Waals surface area contributed by atoms with Crippen molar-refractivity contribution in [2.45, 2.75) is 38.1 Å². The average Bonchev–Trinajstić information content (AvgIpc) is 3.04. The lowest BCUT2D eigenvalue weighted by Crippen LogP contribution is -2.36. The molecule has 104 valence electrons. The third kappa shape index (κ3) is 1.81. The van der Waals surface area contributed by atoms with E-state index in [1.165, 1.54) is 25.5 Å². The van der Waals surface area contributed by atoms with Crippen molar-refractivity contribution in [3.63, 3.8) is 0 Å². The van der Waals surface area contributed by atoms with E-state index < -0.39 is 0 Å². The van der Waals surface area contributed by atoms with Crippen molar-refractivity contribution < 1.29 is 9.21 Å². The van der Waals surface area contributed by atoms with Crippen LogP contribution in [0.25, 0.3) is 0 Å². The summed E-state index contributed by atoms with van der Waals surface area (Å²) in [6.45, 7) is 1.13. The van der Waals surface area contributed by atoms with Gasteiger partial charge in [0.2, 0.25) is 0 Å². The molecule has 0 aromatic carbocycles. The molecule has 1 saturated carbocycles. The Kier molecular flexibility index (Phi) is 2.58. The van der Waals surface area contributed by atoms with E-state index in [0.717, 1.165) is 23.8 Å². The van der Waals surface area contributed by atoms with Crippen LogP contribution < -0.4 is 0 Å². The average molecular weight is 273 g/mol. The summed E-state index contributed by atoms with van der Waals surface area (Å²) in [5.41, 5.74) is 1.24. The predicted molar refractivity (Wildman–Crippen MR) is 67.9 cm³/mol. The molecule has 20 heavy (non-hydrogen) atoms. The summed E-state index contributed by atoms with van der Waals surface area (Å²) in [7, 11) is 0. The lowest BCUT2D eigenvalue weighted by atomic mass is 9.85. The minimum atomic E-state index is -0.113. The summed E-state index contributed by atoms with van der Waals surface area (Å²) in [4.78, 5) is 18.5. The van der Waals surface area contributed by atoms with E-state index in [0.29, 0.717) is 24.7 Å². The molecular formula is C13H15N5O2. The second kappa shape index (κ2) is 4.43. The minimum absolute atomic E-state index is 0.113. The second-order valence-corrected chi connectivity index (χ2v) is 5.38. The highest BCUT2D eigenvalue weighted by molar-refractivity contribution is 5.91. The lowest BCUT2D eigenvalue weighted by molar-refractivity contribution is 0.0721. The van der Waals surface area contributed by atoms with Crippen LogP contribution in [0.2, 0.25) is 0 Å². The lowest BCUT2D eigenvalue weighted by Gasteiger charge is -2.24. The molecule has 2 aromatic heterocycles. The van der Waals surface area contributed by atoms with Crippen molar-refractivity contribution in [3.05, 3.63) is 29.2 Å². The monoisotopic (exact) mass is 273 g/mol. The highest BCUT2D eigenvalue weighted by Crippen LogP contribution is 2.37. The number of carbonyl (C=O) groups excluding carboxylic acids is 1. The number of hydrogen-bond donors (Lipinski definition) is 1. The van der Waals surface area contributed by atoms with E-state index in [-0.39, 0.29) is 5.91 Å². The fourth-order valence-corrected chi connectivity index (χ4v) is 2.69. The first-order valence-corrected chi connectivity index (χ1v) is 6.95. The molecule has 1 amide bonds. The smallest absolute Gasteiger partial charge is 0.276 e. The second-order valence-electron chi connectivity index (χ2n) is 5.38. The number of oxazole rings is 1. The van der Waals surface area contributed by atoms with Crippen LogP contribution in [0.15, 0.2) is 10.6 Å². The Balaban J connectivity index is 1.54. The number of nitrogens with one attached hydrogen (secondary N) is 1. The fraction of sp³-hybridized carbons (Fsp3) is 0.538. The number of amides is 1. The third-order valence-corrected chi connectivity index (χ3v) is 4.12. The summed E-state index contributed by atoms with van der Waals surface area (Å²) in [5.74, 6) is 2.17. The molecule has 0 spiro atoms. The van der Waals surface area contributed by atoms with Gasteiger partial charge in [0.1, 0.15) is 11.5 Å². The Hall–Kier alpha value is -2.18. The fourth-order valence-electron chi connectivity index (χ4n) is 2.69. The van der Waals surface area contributed by atoms with Crippen LogP contribution in [-0.2, 0) is 13.0 Å². The van der Waals surface area contributed by atoms with Gasteiger partial charge in [0, 0.05) is 18.9 Å². The van der Waals surface area contributed by atoms with Gasteiger partial charge < -0.3 is 9.32 Å². The SMILES string of the molecule is O=C(c1cn[nH]n1)N1CCc2oc(C3CCC3)nc2C1. The van der Waals surface area contributed by atoms with E-state index in [9.17, 15) is 4.79 Å². The predicted octanol–water partition coefficient (Wildman–Crippen LogP) is 1.26. The molecule has 1 aliphatic heterocycles. The molecule has 0 atom stereocenters. The highest BCUT2D eigenvalue weighted by atomic mass is 16.4. The molecule has 0 radical (unpaired) electrons. The van der Waals surface area contributed by atoms with Gasteiger partial charge in [-0.1, -0.05) is 6.42 Å². The summed E-state index contributed by atoms with van der Waals surface area (Å²) in [6, 6.07) is 0. The van der Waals surface area contributed by atoms with Crippen LogP contribution in [0.4, 0.5) is 0 Å². The molecule has 0 bridgehead atoms. The summed E-state index contributed by atoms with van der Waals surface area (Å²) in [5, 5.41) is 9.96. The van der Waals surface area contributed by atoms with Crippen molar-refractivity contribution in [1.82, 2.24) is 25.3 Å². The first kappa shape index (κ1) is 11.6. The van der Waals surface area contributed by atoms with Crippen LogP contribution in [0, 0.1) is 0 Å². The molecule has 2 aliphatic rings. The van der Waals surface area contributed by atoms with Gasteiger partial charge in [-0.25, -0.2) is 4.98 Å². The van der Waals surface area contributed by atoms with Gasteiger partial charge in [-0.05, 0) is 12.8 Å². The standard InChI is InChI=1S/C13H15N5O2/c19-13(9-6-14-17-16-9)18-5-4-11-10(7-18)15-12(20-11)8-2-1-3-8/h6,8H,1-5,7H2,(H,14,16,17). The zero-order valence-electron chi connectivity index (χ0n) is 11.0. The summed E-state index contributed by atoms with van der Waals surface area (Å²) in [6.07, 6.45) is 5.76. The number of fused-ring (bicyclic) bond motifs is 1. The number of aromatic nitrogens is 4. The Bertz CT molecular complexity index is 629. The van der Waals surface area contributed by atoms with Crippen molar-refractivity contribution in [2.75, 3.05) is 6.54 Å². The molecular weight excluding hydrogens is 258 g/mol. The zero-order valence-corrected chi connectivity index (χ0v) is 11.0. The maximum absolute atomic E-state index is 12.2. The topological polar surface area (TPSA) is 87.9 Å². The molecule has 2 aromatic rings. The van der Waals surface area contributed by atoms with Crippen LogP contribution in [0.5, 0.6) is 0 Å². The molecule has 0 unspecified atom stereocenters. The van der Waals surface area contributed by atoms with Crippen LogP contribution in [-0.4, -0.2) is 37.7 Å². The van der Waals surface area contributed by atoms with Gasteiger partial charge in [0.15, 0.2) is 11.6 Å². The van der Waals surface area contributed by atoms with Gasteiger partial charge in [-0.3, -0.25) is 4.79 Å². The molecule has 7 nitrogen and oxygen atoms in total. The Morgan fingerprint density at radius 1 is 1.45 bits per heavy atom. The number of H-pyrrole nitrogens is 1. The van der Waals surface area contributed by atoms with Crippen molar-refractivity contribution >= 4 is 5.91 Å². The minimum Gasteiger partial charge on any atom is -0.445 e. The first-order chi connectivity index (χ1) is 9.81. The molecule has 1 fully saturated rings. The van der Waals surface area contributed by atoms with Gasteiger partial charge in [0.25, 0.3) is 5.91 Å². The molecule has 1 N–H and O–H groups in total. The largest absolute Gasteiger partial charge is 0.445 e. The number of rotatable bonds is 2. The molecule has 1 aliphatic carbocycles. The number of aromatic amines is 1. The van der Waals surface area contributed by atoms with Gasteiger partial charge in [-0.2, -0.15) is 15.4 Å². The van der Waals surface area contributed by atoms with Crippen molar-refractivity contribution in [3.8, 4) is 0 Å². The maximum atomic E-state index is 12.2. The zero-order chi connectivity index (χ0) is 13.5. The van der Waals surface area contributed by atoms with Crippen LogP contribution in [0.1, 0.15) is 53.0 Å². The van der Waals surface area contributed by atoms with E-state index >= 15 is 0 Å². The van der Waals surface area contributed by atoms with Crippen molar-refractivity contribution in [2.24, 2.45) is 0 Å². The van der Waals surface area contributed by atoms with E-state index in [2.05, 4.69) is 20.4 Å². The Morgan fingerprint density at radius 3 is 3.05 bits per heavy atom. The third-order valence-electron chi connectivity index (χ3n) is 4.12. The molecule has 7 heteroatoms. The number of hydrogen-bond acceptors (Lipinski definition) is 5. The Labute approximate surface area is 115 Å². The molecule has 3 heterocycles. The maximum Gasteiger partial charge on any atom is 0.276 e. The molecule has 4 rings (SSSR count). The van der Waals surface area contributed by atoms with Gasteiger partial charge >= 0.3 is 0 Å². The van der Waals surface area contributed by atoms with Gasteiger partial charge in [-0.15, -0.1) is 0 Å². The summed E-state index contributed by atoms with van der Waals surface area (Å²) < 4.78 is 5.85.